The Kier molecular flexibility index (Phi) is 7.02. The molecule has 8 nitrogen and oxygen atoms in total. The number of esters is 1. The molecule has 0 unspecified atom stereocenters. The molecule has 0 aromatic heterocycles. The van der Waals surface area contributed by atoms with Gasteiger partial charge in [0.1, 0.15) is 6.54 Å². The number of para-hydroxylation sites is 3. The Morgan fingerprint density at radius 2 is 1.60 bits per heavy atom. The predicted octanol–water partition coefficient (Wildman–Crippen LogP) is 3.76. The number of fused-ring (bicyclic) bond motifs is 1. The Hall–Kier alpha value is -4.72. The molecular weight excluding hydrogens is 446 g/mol. The summed E-state index contributed by atoms with van der Waals surface area (Å²) in [5.74, 6) is -1.67. The van der Waals surface area contributed by atoms with Crippen LogP contribution in [0.25, 0.3) is 0 Å². The minimum absolute atomic E-state index is 0.119. The van der Waals surface area contributed by atoms with E-state index in [0.717, 1.165) is 0 Å². The second-order valence-electron chi connectivity index (χ2n) is 7.78. The van der Waals surface area contributed by atoms with Gasteiger partial charge in [0.25, 0.3) is 5.91 Å². The number of benzene rings is 3. The maximum Gasteiger partial charge on any atom is 0.311 e. The van der Waals surface area contributed by atoms with Gasteiger partial charge in [0.05, 0.1) is 30.6 Å². The number of amides is 2. The summed E-state index contributed by atoms with van der Waals surface area (Å²) in [5.41, 5.74) is 2.60. The van der Waals surface area contributed by atoms with Crippen LogP contribution in [0.3, 0.4) is 0 Å². The van der Waals surface area contributed by atoms with Gasteiger partial charge in [-0.3, -0.25) is 24.1 Å². The van der Waals surface area contributed by atoms with Gasteiger partial charge in [-0.1, -0.05) is 54.6 Å². The van der Waals surface area contributed by atoms with Crippen LogP contribution in [0.2, 0.25) is 0 Å². The molecule has 1 heterocycles. The molecular formula is C27H23N3O5. The van der Waals surface area contributed by atoms with Crippen LogP contribution in [0.4, 0.5) is 17.1 Å². The van der Waals surface area contributed by atoms with E-state index in [0.29, 0.717) is 33.9 Å². The van der Waals surface area contributed by atoms with Crippen molar-refractivity contribution in [1.29, 1.82) is 0 Å². The summed E-state index contributed by atoms with van der Waals surface area (Å²) in [6, 6.07) is 22.5. The summed E-state index contributed by atoms with van der Waals surface area (Å²) in [6.45, 7) is -0.298. The average Bonchev–Trinajstić information content (AvgIpc) is 3.00. The van der Waals surface area contributed by atoms with E-state index in [1.165, 1.54) is 18.1 Å². The van der Waals surface area contributed by atoms with Gasteiger partial charge in [0.15, 0.2) is 5.78 Å². The first-order valence-corrected chi connectivity index (χ1v) is 10.9. The topological polar surface area (TPSA) is 105 Å². The fourth-order valence-electron chi connectivity index (χ4n) is 3.72. The molecule has 2 N–H and O–H groups in total. The number of ketones is 1. The molecule has 2 amide bonds. The van der Waals surface area contributed by atoms with Crippen LogP contribution >= 0.6 is 0 Å². The molecule has 4 rings (SSSR count). The maximum atomic E-state index is 13.0. The molecule has 3 aromatic carbocycles. The van der Waals surface area contributed by atoms with E-state index in [2.05, 4.69) is 10.6 Å². The number of hydrogen-bond donors (Lipinski definition) is 2. The van der Waals surface area contributed by atoms with Crippen LogP contribution in [-0.2, 0) is 19.1 Å². The number of carbonyl (C=O) groups is 4. The van der Waals surface area contributed by atoms with Crippen molar-refractivity contribution in [3.63, 3.8) is 0 Å². The molecule has 0 bridgehead atoms. The highest BCUT2D eigenvalue weighted by Gasteiger charge is 2.25. The van der Waals surface area contributed by atoms with Gasteiger partial charge in [-0.25, -0.2) is 0 Å². The van der Waals surface area contributed by atoms with Crippen molar-refractivity contribution < 1.29 is 23.9 Å². The minimum Gasteiger partial charge on any atom is -0.469 e. The van der Waals surface area contributed by atoms with Gasteiger partial charge in [0, 0.05) is 22.9 Å². The summed E-state index contributed by atoms with van der Waals surface area (Å²) in [5, 5.41) is 5.84. The summed E-state index contributed by atoms with van der Waals surface area (Å²) in [4.78, 5) is 52.1. The number of carbonyl (C=O) groups excluding carboxylic acids is 4. The van der Waals surface area contributed by atoms with Crippen molar-refractivity contribution in [3.05, 3.63) is 102 Å². The zero-order valence-electron chi connectivity index (χ0n) is 19.0. The zero-order chi connectivity index (χ0) is 24.8. The molecule has 0 radical (unpaired) electrons. The van der Waals surface area contributed by atoms with Crippen molar-refractivity contribution in [1.82, 2.24) is 0 Å². The summed E-state index contributed by atoms with van der Waals surface area (Å²) >= 11 is 0. The van der Waals surface area contributed by atoms with Gasteiger partial charge in [-0.15, -0.1) is 0 Å². The molecule has 1 aliphatic heterocycles. The molecule has 1 aliphatic rings. The van der Waals surface area contributed by atoms with Crippen LogP contribution in [0.1, 0.15) is 22.3 Å². The van der Waals surface area contributed by atoms with Gasteiger partial charge in [0.2, 0.25) is 5.91 Å². The van der Waals surface area contributed by atoms with E-state index >= 15 is 0 Å². The largest absolute Gasteiger partial charge is 0.469 e. The lowest BCUT2D eigenvalue weighted by Crippen LogP contribution is -2.37. The number of anilines is 3. The third-order valence-electron chi connectivity index (χ3n) is 5.40. The Bertz CT molecular complexity index is 1320. The van der Waals surface area contributed by atoms with Crippen molar-refractivity contribution in [2.45, 2.75) is 6.42 Å². The molecule has 8 heteroatoms. The van der Waals surface area contributed by atoms with Gasteiger partial charge >= 0.3 is 5.97 Å². The fraction of sp³-hybridized carbons (Fsp3) is 0.111. The molecule has 0 atom stereocenters. The summed E-state index contributed by atoms with van der Waals surface area (Å²) in [7, 11) is 1.27. The predicted molar refractivity (Wildman–Crippen MR) is 132 cm³/mol. The van der Waals surface area contributed by atoms with Crippen molar-refractivity contribution in [2.75, 3.05) is 29.2 Å². The number of nitrogens with zero attached hydrogens (tertiary/aromatic N) is 1. The molecule has 0 saturated carbocycles. The first-order chi connectivity index (χ1) is 17.0. The lowest BCUT2D eigenvalue weighted by atomic mass is 10.0. The Balaban J connectivity index is 1.57. The third-order valence-corrected chi connectivity index (χ3v) is 5.40. The highest BCUT2D eigenvalue weighted by atomic mass is 16.5. The third kappa shape index (κ3) is 5.44. The molecule has 35 heavy (non-hydrogen) atoms. The van der Waals surface area contributed by atoms with Crippen LogP contribution in [0.5, 0.6) is 0 Å². The van der Waals surface area contributed by atoms with Crippen molar-refractivity contribution in [3.8, 4) is 0 Å². The first-order valence-electron chi connectivity index (χ1n) is 10.9. The highest BCUT2D eigenvalue weighted by Crippen LogP contribution is 2.30. The Morgan fingerprint density at radius 1 is 0.914 bits per heavy atom. The lowest BCUT2D eigenvalue weighted by Gasteiger charge is -2.22. The Morgan fingerprint density at radius 3 is 2.37 bits per heavy atom. The summed E-state index contributed by atoms with van der Waals surface area (Å²) in [6.07, 6.45) is 1.16. The van der Waals surface area contributed by atoms with Crippen LogP contribution < -0.4 is 15.5 Å². The van der Waals surface area contributed by atoms with E-state index in [-0.39, 0.29) is 18.7 Å². The molecule has 176 valence electrons. The van der Waals surface area contributed by atoms with Gasteiger partial charge in [-0.05, 0) is 24.3 Å². The number of nitrogens with one attached hydrogen (secondary N) is 2. The van der Waals surface area contributed by atoms with Crippen LogP contribution in [0, 0.1) is 0 Å². The molecule has 0 saturated heterocycles. The number of ether oxygens (including phenoxy) is 1. The highest BCUT2D eigenvalue weighted by molar-refractivity contribution is 6.15. The normalized spacial score (nSPS) is 12.5. The Labute approximate surface area is 202 Å². The molecule has 0 fully saturated rings. The van der Waals surface area contributed by atoms with Crippen molar-refractivity contribution in [2.24, 2.45) is 0 Å². The fourth-order valence-corrected chi connectivity index (χ4v) is 3.72. The number of methoxy groups -OCH3 is 1. The average molecular weight is 469 g/mol. The number of hydrogen-bond acceptors (Lipinski definition) is 6. The van der Waals surface area contributed by atoms with Crippen molar-refractivity contribution >= 4 is 40.6 Å². The second kappa shape index (κ2) is 10.5. The van der Waals surface area contributed by atoms with Gasteiger partial charge in [-0.2, -0.15) is 0 Å². The smallest absolute Gasteiger partial charge is 0.311 e. The van der Waals surface area contributed by atoms with Gasteiger partial charge < -0.3 is 15.4 Å². The van der Waals surface area contributed by atoms with E-state index in [1.54, 1.807) is 72.8 Å². The maximum absolute atomic E-state index is 13.0. The van der Waals surface area contributed by atoms with E-state index in [1.807, 2.05) is 6.07 Å². The zero-order valence-corrected chi connectivity index (χ0v) is 19.0. The lowest BCUT2D eigenvalue weighted by molar-refractivity contribution is -0.139. The monoisotopic (exact) mass is 469 g/mol. The SMILES string of the molecule is COC(=O)CC1=CC(=O)N(CC(=O)Nc2ccccc2C(=O)c2ccccc2)c2ccccc2N1. The molecule has 3 aromatic rings. The van der Waals surface area contributed by atoms with E-state index in [4.69, 9.17) is 4.74 Å². The van der Waals surface area contributed by atoms with E-state index < -0.39 is 17.8 Å². The number of rotatable bonds is 7. The van der Waals surface area contributed by atoms with Crippen LogP contribution in [0.15, 0.2) is 90.6 Å². The second-order valence-corrected chi connectivity index (χ2v) is 7.78. The summed E-state index contributed by atoms with van der Waals surface area (Å²) < 4.78 is 4.70. The standard InChI is InChI=1S/C27H23N3O5/c1-35-26(33)16-19-15-25(32)30(23-14-8-7-13-22(23)28-19)17-24(31)29-21-12-6-5-11-20(21)27(34)18-9-3-2-4-10-18/h2-15,28H,16-17H2,1H3,(H,29,31). The quantitative estimate of drug-likeness (QED) is 0.403. The minimum atomic E-state index is -0.500. The van der Waals surface area contributed by atoms with Crippen LogP contribution in [-0.4, -0.2) is 37.2 Å². The first kappa shape index (κ1) is 23.4. The molecule has 0 spiro atoms. The van der Waals surface area contributed by atoms with E-state index in [9.17, 15) is 19.2 Å². The molecule has 0 aliphatic carbocycles.